The van der Waals surface area contributed by atoms with E-state index in [-0.39, 0.29) is 22.9 Å². The number of fused-ring (bicyclic) bond motifs is 2. The Morgan fingerprint density at radius 1 is 1.11 bits per heavy atom. The number of allylic oxidation sites excluding steroid dienone is 3. The molecule has 2 saturated carbocycles. The number of hydrogen-bond acceptors (Lipinski definition) is 4. The molecule has 6 atom stereocenters. The van der Waals surface area contributed by atoms with Crippen LogP contribution in [0.4, 0.5) is 0 Å². The fraction of sp³-hybridized carbons (Fsp3) is 0.750. The largest absolute Gasteiger partial charge is 0.462 e. The van der Waals surface area contributed by atoms with Gasteiger partial charge in [0.25, 0.3) is 0 Å². The van der Waals surface area contributed by atoms with Crippen LogP contribution < -0.4 is 0 Å². The highest BCUT2D eigenvalue weighted by Crippen LogP contribution is 2.72. The summed E-state index contributed by atoms with van der Waals surface area (Å²) in [6.45, 7) is 11.8. The zero-order valence-electron chi connectivity index (χ0n) is 19.1. The molecule has 0 aromatic carbocycles. The van der Waals surface area contributed by atoms with E-state index in [0.717, 1.165) is 19.3 Å². The van der Waals surface area contributed by atoms with Gasteiger partial charge in [0.1, 0.15) is 12.2 Å². The second kappa shape index (κ2) is 5.96. The Kier molecular flexibility index (Phi) is 3.93. The third-order valence-corrected chi connectivity index (χ3v) is 8.47. The zero-order chi connectivity index (χ0) is 21.5. The van der Waals surface area contributed by atoms with Crippen molar-refractivity contribution in [2.45, 2.75) is 85.8 Å². The fourth-order valence-electron chi connectivity index (χ4n) is 6.98. The molecule has 4 heteroatoms. The first kappa shape index (κ1) is 18.4. The van der Waals surface area contributed by atoms with Crippen LogP contribution in [0.25, 0.3) is 0 Å². The Hall–Kier alpha value is -1.58. The highest BCUT2D eigenvalue weighted by atomic mass is 16.5. The Morgan fingerprint density at radius 2 is 1.79 bits per heavy atom. The van der Waals surface area contributed by atoms with E-state index in [0.29, 0.717) is 18.8 Å². The van der Waals surface area contributed by atoms with Crippen molar-refractivity contribution in [2.24, 2.45) is 27.6 Å². The van der Waals surface area contributed by atoms with Gasteiger partial charge in [-0.1, -0.05) is 51.5 Å². The van der Waals surface area contributed by atoms with Gasteiger partial charge in [-0.25, -0.2) is 0 Å². The van der Waals surface area contributed by atoms with Crippen LogP contribution in [0.3, 0.4) is 0 Å². The van der Waals surface area contributed by atoms with Crippen molar-refractivity contribution in [3.05, 3.63) is 23.8 Å². The number of rotatable bonds is 2. The van der Waals surface area contributed by atoms with Crippen molar-refractivity contribution in [1.82, 2.24) is 0 Å². The van der Waals surface area contributed by atoms with Gasteiger partial charge >= 0.3 is 11.9 Å². The molecule has 0 heterocycles. The van der Waals surface area contributed by atoms with Gasteiger partial charge < -0.3 is 9.47 Å². The molecule has 5 aliphatic carbocycles. The lowest BCUT2D eigenvalue weighted by atomic mass is 9.37. The van der Waals surface area contributed by atoms with Gasteiger partial charge in [0.05, 0.1) is 1.37 Å². The molecule has 0 saturated heterocycles. The average molecular weight is 388 g/mol. The van der Waals surface area contributed by atoms with Gasteiger partial charge in [0.15, 0.2) is 0 Å². The third kappa shape index (κ3) is 2.48. The van der Waals surface area contributed by atoms with E-state index in [9.17, 15) is 11.0 Å². The summed E-state index contributed by atoms with van der Waals surface area (Å²) in [4.78, 5) is 23.9. The first-order chi connectivity index (χ1) is 13.3. The molecule has 0 N–H and O–H groups in total. The van der Waals surface area contributed by atoms with E-state index in [1.165, 1.54) is 19.4 Å². The minimum atomic E-state index is -1.32. The van der Waals surface area contributed by atoms with E-state index in [2.05, 4.69) is 39.0 Å². The highest BCUT2D eigenvalue weighted by Gasteiger charge is 2.69. The normalized spacial score (nSPS) is 48.6. The Morgan fingerprint density at radius 3 is 2.43 bits per heavy atom. The molecule has 1 spiro atoms. The smallest absolute Gasteiger partial charge is 0.302 e. The lowest BCUT2D eigenvalue weighted by Crippen LogP contribution is -2.66. The summed E-state index contributed by atoms with van der Waals surface area (Å²) in [6.07, 6.45) is 9.11. The maximum Gasteiger partial charge on any atom is 0.302 e. The van der Waals surface area contributed by atoms with Gasteiger partial charge in [-0.2, -0.15) is 0 Å². The molecule has 0 aromatic heterocycles. The summed E-state index contributed by atoms with van der Waals surface area (Å²) in [7, 11) is 0. The van der Waals surface area contributed by atoms with Gasteiger partial charge in [0, 0.05) is 30.1 Å². The topological polar surface area (TPSA) is 52.6 Å². The lowest BCUT2D eigenvalue weighted by molar-refractivity contribution is -0.202. The van der Waals surface area contributed by atoms with Gasteiger partial charge in [0.2, 0.25) is 0 Å². The average Bonchev–Trinajstić information content (AvgIpc) is 2.57. The quantitative estimate of drug-likeness (QED) is 0.495. The molecule has 2 fully saturated rings. The Labute approximate surface area is 170 Å². The van der Waals surface area contributed by atoms with E-state index in [1.54, 1.807) is 0 Å². The molecular weight excluding hydrogens is 352 g/mol. The van der Waals surface area contributed by atoms with Gasteiger partial charge in [-0.15, -0.1) is 0 Å². The van der Waals surface area contributed by atoms with E-state index in [1.807, 2.05) is 6.92 Å². The summed E-state index contributed by atoms with van der Waals surface area (Å²) in [6, 6.07) is 0. The van der Waals surface area contributed by atoms with Gasteiger partial charge in [-0.3, -0.25) is 9.59 Å². The molecule has 154 valence electrons. The Bertz CT molecular complexity index is 829. The molecule has 1 unspecified atom stereocenters. The molecule has 5 rings (SSSR count). The predicted molar refractivity (Wildman–Crippen MR) is 107 cm³/mol. The van der Waals surface area contributed by atoms with Crippen LogP contribution in [-0.2, 0) is 19.1 Å². The SMILES string of the molecule is [2H][C@@]1(OC(C)=O)C[C@@]23C=C[C@@]1(C)CC2=CCC1C(C)(C)CC[C@H](OC(C)=O)[C@]13C. The number of carbonyl (C=O) groups excluding carboxylic acids is 2. The van der Waals surface area contributed by atoms with E-state index >= 15 is 0 Å². The van der Waals surface area contributed by atoms with Crippen LogP contribution in [0.15, 0.2) is 23.8 Å². The zero-order valence-corrected chi connectivity index (χ0v) is 18.1. The predicted octanol–water partition coefficient (Wildman–Crippen LogP) is 4.98. The van der Waals surface area contributed by atoms with Crippen LogP contribution in [0.5, 0.6) is 0 Å². The third-order valence-electron chi connectivity index (χ3n) is 8.47. The maximum atomic E-state index is 12.0. The van der Waals surface area contributed by atoms with Crippen LogP contribution in [0.2, 0.25) is 0 Å². The molecule has 0 aromatic rings. The maximum absolute atomic E-state index is 12.0. The molecule has 0 aliphatic heterocycles. The summed E-state index contributed by atoms with van der Waals surface area (Å²) in [5.74, 6) is -0.354. The van der Waals surface area contributed by atoms with Gasteiger partial charge in [-0.05, 0) is 43.4 Å². The lowest BCUT2D eigenvalue weighted by Gasteiger charge is -2.68. The molecule has 0 radical (unpaired) electrons. The van der Waals surface area contributed by atoms with Crippen LogP contribution in [0, 0.1) is 27.6 Å². The number of carbonyl (C=O) groups is 2. The van der Waals surface area contributed by atoms with Crippen molar-refractivity contribution in [2.75, 3.05) is 0 Å². The minimum Gasteiger partial charge on any atom is -0.462 e. The minimum absolute atomic E-state index is 0.0976. The summed E-state index contributed by atoms with van der Waals surface area (Å²) >= 11 is 0. The van der Waals surface area contributed by atoms with Crippen LogP contribution in [0.1, 0.15) is 75.0 Å². The van der Waals surface area contributed by atoms with Crippen molar-refractivity contribution in [3.63, 3.8) is 0 Å². The summed E-state index contributed by atoms with van der Waals surface area (Å²) in [5, 5.41) is 0. The van der Waals surface area contributed by atoms with E-state index in [4.69, 9.17) is 9.47 Å². The van der Waals surface area contributed by atoms with E-state index < -0.39 is 22.9 Å². The van der Waals surface area contributed by atoms with Crippen LogP contribution in [-0.4, -0.2) is 24.1 Å². The number of esters is 2. The molecule has 0 amide bonds. The second-order valence-corrected chi connectivity index (χ2v) is 10.5. The monoisotopic (exact) mass is 387 g/mol. The van der Waals surface area contributed by atoms with Crippen molar-refractivity contribution in [1.29, 1.82) is 0 Å². The van der Waals surface area contributed by atoms with Crippen molar-refractivity contribution in [3.8, 4) is 0 Å². The Balaban J connectivity index is 1.91. The molecule has 28 heavy (non-hydrogen) atoms. The molecular formula is C24H34O4. The summed E-state index contributed by atoms with van der Waals surface area (Å²) < 4.78 is 20.9. The second-order valence-electron chi connectivity index (χ2n) is 10.5. The van der Waals surface area contributed by atoms with Crippen LogP contribution >= 0.6 is 0 Å². The number of hydrogen-bond donors (Lipinski definition) is 0. The van der Waals surface area contributed by atoms with Crippen molar-refractivity contribution < 1.29 is 20.4 Å². The number of ether oxygens (including phenoxy) is 2. The molecule has 5 aliphatic rings. The standard InChI is InChI=1S/C24H34O4/c1-15(25)27-19-9-10-21(3,4)18-8-7-17-13-22(5)11-12-24(17,23(18,19)6)14-20(22)28-16(2)26/h7,11-12,18-20H,8-10,13-14H2,1-6H3/t18?,19-,20+,22-,23-,24-/m0/s1/i20D. The first-order valence-corrected chi connectivity index (χ1v) is 10.6. The molecule has 2 bridgehead atoms. The summed E-state index contributed by atoms with van der Waals surface area (Å²) in [5.41, 5.74) is 0.0838. The fourth-order valence-corrected chi connectivity index (χ4v) is 6.98. The van der Waals surface area contributed by atoms with Crippen molar-refractivity contribution >= 4 is 11.9 Å². The highest BCUT2D eigenvalue weighted by molar-refractivity contribution is 5.67. The molecule has 4 nitrogen and oxygen atoms in total. The first-order valence-electron chi connectivity index (χ1n) is 11.1.